The van der Waals surface area contributed by atoms with Gasteiger partial charge in [-0.05, 0) is 97.9 Å². The van der Waals surface area contributed by atoms with Crippen molar-refractivity contribution in [1.82, 2.24) is 0 Å². The molecule has 0 saturated heterocycles. The Balaban J connectivity index is 1.65. The maximum Gasteiger partial charge on any atom is 0.309 e. The average molecular weight is 494 g/mol. The normalized spacial score (nSPS) is 51.6. The molecule has 4 fully saturated rings. The summed E-state index contributed by atoms with van der Waals surface area (Å²) in [4.78, 5) is 39.8. The molecule has 36 heavy (non-hydrogen) atoms. The van der Waals surface area contributed by atoms with Crippen LogP contribution < -0.4 is 0 Å². The number of hydrogen-bond acceptors (Lipinski definition) is 4. The minimum absolute atomic E-state index is 0.0238. The first-order valence-electron chi connectivity index (χ1n) is 13.9. The lowest BCUT2D eigenvalue weighted by atomic mass is 9.33. The number of rotatable bonds is 1. The van der Waals surface area contributed by atoms with E-state index in [4.69, 9.17) is 0 Å². The summed E-state index contributed by atoms with van der Waals surface area (Å²) in [7, 11) is 0. The number of Topliss-reactive ketones (excluding diaryl/α,β-unsaturated/α-hetero) is 1. The minimum atomic E-state index is -0.762. The minimum Gasteiger partial charge on any atom is -0.481 e. The van der Waals surface area contributed by atoms with Crippen molar-refractivity contribution in [2.75, 3.05) is 0 Å². The van der Waals surface area contributed by atoms with Gasteiger partial charge < -0.3 is 5.11 Å². The molecule has 5 nitrogen and oxygen atoms in total. The van der Waals surface area contributed by atoms with Crippen LogP contribution >= 0.6 is 0 Å². The second-order valence-electron chi connectivity index (χ2n) is 15.0. The Bertz CT molecular complexity index is 1130. The summed E-state index contributed by atoms with van der Waals surface area (Å²) in [5, 5.41) is 20.0. The molecule has 0 bridgehead atoms. The third kappa shape index (κ3) is 2.91. The van der Waals surface area contributed by atoms with Crippen LogP contribution in [0, 0.1) is 67.5 Å². The van der Waals surface area contributed by atoms with Crippen LogP contribution in [0.4, 0.5) is 0 Å². The Morgan fingerprint density at radius 3 is 2.22 bits per heavy atom. The van der Waals surface area contributed by atoms with Crippen LogP contribution in [0.1, 0.15) is 99.8 Å². The Kier molecular flexibility index (Phi) is 5.23. The molecule has 5 aliphatic rings. The highest BCUT2D eigenvalue weighted by Crippen LogP contribution is 2.75. The quantitative estimate of drug-likeness (QED) is 0.458. The van der Waals surface area contributed by atoms with Gasteiger partial charge in [0.15, 0.2) is 11.6 Å². The Morgan fingerprint density at radius 2 is 1.61 bits per heavy atom. The number of carboxylic acid groups (broad SMARTS) is 1. The molecule has 3 unspecified atom stereocenters. The molecule has 4 saturated carbocycles. The molecule has 0 aromatic rings. The summed E-state index contributed by atoms with van der Waals surface area (Å²) in [6.07, 6.45) is 8.35. The molecule has 0 aromatic heterocycles. The van der Waals surface area contributed by atoms with E-state index >= 15 is 0 Å². The molecule has 196 valence electrons. The Labute approximate surface area is 216 Å². The van der Waals surface area contributed by atoms with Crippen molar-refractivity contribution < 1.29 is 19.5 Å². The predicted molar refractivity (Wildman–Crippen MR) is 137 cm³/mol. The van der Waals surface area contributed by atoms with Crippen LogP contribution in [0.3, 0.4) is 0 Å². The van der Waals surface area contributed by atoms with Crippen LogP contribution in [0.15, 0.2) is 11.6 Å². The van der Waals surface area contributed by atoms with Crippen molar-refractivity contribution in [1.29, 1.82) is 5.26 Å². The van der Waals surface area contributed by atoms with E-state index in [0.717, 1.165) is 32.1 Å². The van der Waals surface area contributed by atoms with Gasteiger partial charge >= 0.3 is 5.97 Å². The third-order valence-electron chi connectivity index (χ3n) is 13.0. The van der Waals surface area contributed by atoms with Crippen LogP contribution in [-0.2, 0) is 14.4 Å². The highest BCUT2D eigenvalue weighted by atomic mass is 16.4. The first-order valence-corrected chi connectivity index (χ1v) is 13.9. The van der Waals surface area contributed by atoms with Crippen LogP contribution in [0.2, 0.25) is 0 Å². The van der Waals surface area contributed by atoms with E-state index in [9.17, 15) is 24.8 Å². The lowest BCUT2D eigenvalue weighted by Gasteiger charge is -2.70. The van der Waals surface area contributed by atoms with Crippen LogP contribution in [0.5, 0.6) is 0 Å². The summed E-state index contributed by atoms with van der Waals surface area (Å²) < 4.78 is 0. The second kappa shape index (κ2) is 7.33. The van der Waals surface area contributed by atoms with E-state index in [2.05, 4.69) is 33.8 Å². The predicted octanol–water partition coefficient (Wildman–Crippen LogP) is 6.37. The number of carbonyl (C=O) groups is 3. The topological polar surface area (TPSA) is 95.2 Å². The van der Waals surface area contributed by atoms with Crippen molar-refractivity contribution in [3.63, 3.8) is 0 Å². The lowest BCUT2D eigenvalue weighted by Crippen LogP contribution is -2.67. The number of carbonyl (C=O) groups excluding carboxylic acids is 2. The van der Waals surface area contributed by atoms with Crippen molar-refractivity contribution in [3.8, 4) is 6.07 Å². The zero-order valence-electron chi connectivity index (χ0n) is 23.2. The van der Waals surface area contributed by atoms with Crippen LogP contribution in [0.25, 0.3) is 0 Å². The van der Waals surface area contributed by atoms with Gasteiger partial charge in [0.25, 0.3) is 0 Å². The SMILES string of the molecule is CC1(C(=O)O)CC[C@]2(C)CC[C@]3(C)C(=CC(=O)[C@@H]4[C@@]5(C)CC(C#N)C(=O)C(C)(C)C5CC[C@]43C)[C@H]2C1. The molecule has 0 radical (unpaired) electrons. The zero-order chi connectivity index (χ0) is 26.7. The fraction of sp³-hybridized carbons (Fsp3) is 0.806. The van der Waals surface area contributed by atoms with E-state index in [1.165, 1.54) is 5.57 Å². The van der Waals surface area contributed by atoms with E-state index in [0.29, 0.717) is 19.3 Å². The van der Waals surface area contributed by atoms with Gasteiger partial charge in [0.05, 0.1) is 11.5 Å². The standard InChI is InChI=1S/C31H43NO4/c1-26(2)22-8-9-31(7)23(29(22,5)15-18(17-32)24(26)34)21(33)14-19-20-16-28(4,25(35)36)11-10-27(20,3)12-13-30(19,31)6/h14,18,20,22-23H,8-13,15-16H2,1-7H3,(H,35,36)/t18?,20-,22?,23-,27-,28?,29+,30-,31-/m1/s1. The van der Waals surface area contributed by atoms with Crippen molar-refractivity contribution >= 4 is 17.5 Å². The maximum absolute atomic E-state index is 14.3. The highest BCUT2D eigenvalue weighted by molar-refractivity contribution is 5.97. The third-order valence-corrected chi connectivity index (χ3v) is 13.0. The number of fused-ring (bicyclic) bond motifs is 7. The molecular weight excluding hydrogens is 450 g/mol. The zero-order valence-corrected chi connectivity index (χ0v) is 23.2. The fourth-order valence-corrected chi connectivity index (χ4v) is 10.5. The van der Waals surface area contributed by atoms with Crippen molar-refractivity contribution in [2.24, 2.45) is 56.2 Å². The smallest absolute Gasteiger partial charge is 0.309 e. The molecule has 0 aromatic carbocycles. The lowest BCUT2D eigenvalue weighted by molar-refractivity contribution is -0.191. The Morgan fingerprint density at radius 1 is 0.972 bits per heavy atom. The van der Waals surface area contributed by atoms with Gasteiger partial charge in [-0.2, -0.15) is 5.26 Å². The molecule has 9 atom stereocenters. The molecule has 0 spiro atoms. The number of aliphatic carboxylic acids is 1. The number of nitriles is 1. The summed E-state index contributed by atoms with van der Waals surface area (Å²) in [5.74, 6) is -1.29. The number of nitrogens with zero attached hydrogens (tertiary/aromatic N) is 1. The van der Waals surface area contributed by atoms with Gasteiger partial charge in [0.1, 0.15) is 5.92 Å². The molecule has 5 heteroatoms. The largest absolute Gasteiger partial charge is 0.481 e. The van der Waals surface area contributed by atoms with Gasteiger partial charge in [0, 0.05) is 11.3 Å². The van der Waals surface area contributed by atoms with Crippen molar-refractivity contribution in [3.05, 3.63) is 11.6 Å². The number of allylic oxidation sites excluding steroid dienone is 2. The highest BCUT2D eigenvalue weighted by Gasteiger charge is 2.71. The summed E-state index contributed by atoms with van der Waals surface area (Å²) >= 11 is 0. The van der Waals surface area contributed by atoms with E-state index in [1.807, 2.05) is 26.8 Å². The fourth-order valence-electron chi connectivity index (χ4n) is 10.5. The summed E-state index contributed by atoms with van der Waals surface area (Å²) in [6.45, 7) is 15.0. The van der Waals surface area contributed by atoms with Gasteiger partial charge in [-0.25, -0.2) is 0 Å². The average Bonchev–Trinajstić information content (AvgIpc) is 2.78. The second-order valence-corrected chi connectivity index (χ2v) is 15.0. The van der Waals surface area contributed by atoms with Crippen LogP contribution in [-0.4, -0.2) is 22.6 Å². The molecule has 5 rings (SSSR count). The summed E-state index contributed by atoms with van der Waals surface area (Å²) in [5.41, 5.74) is -1.08. The van der Waals surface area contributed by atoms with E-state index in [1.54, 1.807) is 0 Å². The molecule has 0 amide bonds. The van der Waals surface area contributed by atoms with E-state index < -0.39 is 28.1 Å². The summed E-state index contributed by atoms with van der Waals surface area (Å²) in [6, 6.07) is 2.29. The van der Waals surface area contributed by atoms with Crippen molar-refractivity contribution in [2.45, 2.75) is 99.8 Å². The number of ketones is 2. The Hall–Kier alpha value is -1.96. The van der Waals surface area contributed by atoms with Gasteiger partial charge in [-0.1, -0.05) is 47.1 Å². The first kappa shape index (κ1) is 25.7. The van der Waals surface area contributed by atoms with Gasteiger partial charge in [0.2, 0.25) is 0 Å². The number of carboxylic acids is 1. The van der Waals surface area contributed by atoms with Gasteiger partial charge in [-0.15, -0.1) is 0 Å². The molecule has 0 aliphatic heterocycles. The van der Waals surface area contributed by atoms with Gasteiger partial charge in [-0.3, -0.25) is 14.4 Å². The molecule has 5 aliphatic carbocycles. The molecular formula is C31H43NO4. The number of hydrogen-bond donors (Lipinski definition) is 1. The maximum atomic E-state index is 14.3. The monoisotopic (exact) mass is 493 g/mol. The molecule has 0 heterocycles. The first-order chi connectivity index (χ1) is 16.5. The molecule has 1 N–H and O–H groups in total. The van der Waals surface area contributed by atoms with E-state index in [-0.39, 0.29) is 45.6 Å².